The molecule has 136 valence electrons. The molecule has 5 nitrogen and oxygen atoms in total. The first-order valence-corrected chi connectivity index (χ1v) is 8.08. The van der Waals surface area contributed by atoms with E-state index in [0.29, 0.717) is 16.6 Å². The van der Waals surface area contributed by atoms with Crippen LogP contribution in [0.25, 0.3) is 16.7 Å². The van der Waals surface area contributed by atoms with Crippen molar-refractivity contribution in [3.63, 3.8) is 0 Å². The van der Waals surface area contributed by atoms with Crippen LogP contribution in [-0.2, 0) is 12.7 Å². The van der Waals surface area contributed by atoms with Crippen molar-refractivity contribution < 1.29 is 13.2 Å². The summed E-state index contributed by atoms with van der Waals surface area (Å²) in [6.07, 6.45) is -1.56. The van der Waals surface area contributed by atoms with Crippen molar-refractivity contribution in [1.82, 2.24) is 19.3 Å². The first kappa shape index (κ1) is 17.0. The predicted octanol–water partition coefficient (Wildman–Crippen LogP) is 3.65. The molecule has 27 heavy (non-hydrogen) atoms. The summed E-state index contributed by atoms with van der Waals surface area (Å²) in [6.45, 7) is 0.121. The van der Waals surface area contributed by atoms with E-state index in [2.05, 4.69) is 10.1 Å². The van der Waals surface area contributed by atoms with E-state index in [0.717, 1.165) is 17.8 Å². The Morgan fingerprint density at radius 2 is 1.67 bits per heavy atom. The number of hydrogen-bond donors (Lipinski definition) is 0. The number of nitrogens with zero attached hydrogens (tertiary/aromatic N) is 4. The molecule has 2 aromatic carbocycles. The Hall–Kier alpha value is -3.42. The van der Waals surface area contributed by atoms with Crippen molar-refractivity contribution in [2.24, 2.45) is 0 Å². The van der Waals surface area contributed by atoms with Crippen LogP contribution in [0.15, 0.2) is 71.9 Å². The molecule has 4 aromatic rings. The van der Waals surface area contributed by atoms with Crippen LogP contribution in [0.1, 0.15) is 11.1 Å². The molecule has 0 saturated carbocycles. The predicted molar refractivity (Wildman–Crippen MR) is 93.7 cm³/mol. The van der Waals surface area contributed by atoms with Crippen LogP contribution in [0.5, 0.6) is 0 Å². The van der Waals surface area contributed by atoms with Crippen LogP contribution in [-0.4, -0.2) is 19.3 Å². The minimum Gasteiger partial charge on any atom is -0.294 e. The zero-order valence-corrected chi connectivity index (χ0v) is 13.9. The van der Waals surface area contributed by atoms with Gasteiger partial charge < -0.3 is 0 Å². The maximum atomic E-state index is 12.7. The normalized spacial score (nSPS) is 11.8. The Balaban J connectivity index is 1.68. The van der Waals surface area contributed by atoms with Gasteiger partial charge in [0, 0.05) is 0 Å². The molecule has 0 aliphatic carbocycles. The third-order valence-electron chi connectivity index (χ3n) is 4.19. The standard InChI is InChI=1S/C19H13F3N4O/c20-19(21,22)14-8-6-13(7-9-14)11-25-12-23-17-16(18(25)27)10-24-26(17)15-4-2-1-3-5-15/h1-10,12H,11H2. The second kappa shape index (κ2) is 6.39. The van der Waals surface area contributed by atoms with E-state index in [1.54, 1.807) is 4.68 Å². The topological polar surface area (TPSA) is 52.7 Å². The van der Waals surface area contributed by atoms with Crippen molar-refractivity contribution in [1.29, 1.82) is 0 Å². The fourth-order valence-corrected chi connectivity index (χ4v) is 2.82. The Kier molecular flexibility index (Phi) is 4.02. The van der Waals surface area contributed by atoms with E-state index < -0.39 is 11.7 Å². The van der Waals surface area contributed by atoms with Gasteiger partial charge in [-0.05, 0) is 29.8 Å². The molecule has 0 aliphatic rings. The van der Waals surface area contributed by atoms with Gasteiger partial charge in [0.05, 0.1) is 24.0 Å². The maximum Gasteiger partial charge on any atom is 0.416 e. The second-order valence-corrected chi connectivity index (χ2v) is 6.00. The third-order valence-corrected chi connectivity index (χ3v) is 4.19. The summed E-state index contributed by atoms with van der Waals surface area (Å²) in [4.78, 5) is 17.0. The number of aromatic nitrogens is 4. The number of para-hydroxylation sites is 1. The highest BCUT2D eigenvalue weighted by Gasteiger charge is 2.29. The van der Waals surface area contributed by atoms with Crippen molar-refractivity contribution in [2.45, 2.75) is 12.7 Å². The van der Waals surface area contributed by atoms with Gasteiger partial charge in [0.15, 0.2) is 5.65 Å². The van der Waals surface area contributed by atoms with Gasteiger partial charge in [-0.3, -0.25) is 9.36 Å². The summed E-state index contributed by atoms with van der Waals surface area (Å²) in [5, 5.41) is 4.57. The van der Waals surface area contributed by atoms with Crippen molar-refractivity contribution in [3.05, 3.63) is 88.6 Å². The zero-order valence-electron chi connectivity index (χ0n) is 13.9. The van der Waals surface area contributed by atoms with Gasteiger partial charge in [-0.25, -0.2) is 9.67 Å². The molecule has 0 unspecified atom stereocenters. The molecule has 2 aromatic heterocycles. The summed E-state index contributed by atoms with van der Waals surface area (Å²) in [5.41, 5.74) is 0.745. The molecular formula is C19H13F3N4O. The lowest BCUT2D eigenvalue weighted by atomic mass is 10.1. The highest BCUT2D eigenvalue weighted by atomic mass is 19.4. The van der Waals surface area contributed by atoms with E-state index in [1.165, 1.54) is 29.2 Å². The molecule has 0 aliphatic heterocycles. The number of rotatable bonds is 3. The lowest BCUT2D eigenvalue weighted by molar-refractivity contribution is -0.137. The second-order valence-electron chi connectivity index (χ2n) is 6.00. The van der Waals surface area contributed by atoms with Crippen LogP contribution in [0.3, 0.4) is 0 Å². The molecule has 0 radical (unpaired) electrons. The molecule has 0 amide bonds. The SMILES string of the molecule is O=c1c2cnn(-c3ccccc3)c2ncn1Cc1ccc(C(F)(F)F)cc1. The minimum absolute atomic E-state index is 0.121. The Bertz CT molecular complexity index is 1150. The number of alkyl halides is 3. The van der Waals surface area contributed by atoms with Gasteiger partial charge >= 0.3 is 6.18 Å². The molecule has 0 atom stereocenters. The van der Waals surface area contributed by atoms with Crippen molar-refractivity contribution >= 4 is 11.0 Å². The number of benzene rings is 2. The van der Waals surface area contributed by atoms with Crippen LogP contribution in [0, 0.1) is 0 Å². The van der Waals surface area contributed by atoms with E-state index in [4.69, 9.17) is 0 Å². The van der Waals surface area contributed by atoms with Gasteiger partial charge in [0.1, 0.15) is 11.7 Å². The Morgan fingerprint density at radius 1 is 0.963 bits per heavy atom. The third kappa shape index (κ3) is 3.21. The fourth-order valence-electron chi connectivity index (χ4n) is 2.82. The van der Waals surface area contributed by atoms with Gasteiger partial charge in [0.25, 0.3) is 5.56 Å². The van der Waals surface area contributed by atoms with Gasteiger partial charge in [-0.2, -0.15) is 18.3 Å². The van der Waals surface area contributed by atoms with E-state index in [1.807, 2.05) is 30.3 Å². The van der Waals surface area contributed by atoms with E-state index in [9.17, 15) is 18.0 Å². The highest BCUT2D eigenvalue weighted by molar-refractivity contribution is 5.74. The minimum atomic E-state index is -4.39. The lowest BCUT2D eigenvalue weighted by Gasteiger charge is -2.09. The smallest absolute Gasteiger partial charge is 0.294 e. The van der Waals surface area contributed by atoms with Crippen LogP contribution >= 0.6 is 0 Å². The van der Waals surface area contributed by atoms with Crippen molar-refractivity contribution in [2.75, 3.05) is 0 Å². The summed E-state index contributed by atoms with van der Waals surface area (Å²) < 4.78 is 40.9. The van der Waals surface area contributed by atoms with Gasteiger partial charge in [-0.1, -0.05) is 30.3 Å². The molecule has 8 heteroatoms. The van der Waals surface area contributed by atoms with Crippen molar-refractivity contribution in [3.8, 4) is 5.69 Å². The largest absolute Gasteiger partial charge is 0.416 e. The summed E-state index contributed by atoms with van der Waals surface area (Å²) in [6, 6.07) is 14.0. The average molecular weight is 370 g/mol. The molecule has 0 saturated heterocycles. The van der Waals surface area contributed by atoms with E-state index >= 15 is 0 Å². The summed E-state index contributed by atoms with van der Waals surface area (Å²) in [7, 11) is 0. The van der Waals surface area contributed by atoms with Crippen LogP contribution < -0.4 is 5.56 Å². The zero-order chi connectivity index (χ0) is 19.0. The molecule has 0 N–H and O–H groups in total. The number of hydrogen-bond acceptors (Lipinski definition) is 3. The van der Waals surface area contributed by atoms with E-state index in [-0.39, 0.29) is 12.1 Å². The summed E-state index contributed by atoms with van der Waals surface area (Å²) in [5.74, 6) is 0. The Labute approximate surface area is 151 Å². The molecule has 0 bridgehead atoms. The number of halogens is 3. The highest BCUT2D eigenvalue weighted by Crippen LogP contribution is 2.29. The first-order chi connectivity index (χ1) is 12.9. The average Bonchev–Trinajstić information content (AvgIpc) is 3.09. The monoisotopic (exact) mass is 370 g/mol. The maximum absolute atomic E-state index is 12.7. The molecule has 0 spiro atoms. The summed E-state index contributed by atoms with van der Waals surface area (Å²) >= 11 is 0. The lowest BCUT2D eigenvalue weighted by Crippen LogP contribution is -2.21. The van der Waals surface area contributed by atoms with Crippen LogP contribution in [0.4, 0.5) is 13.2 Å². The van der Waals surface area contributed by atoms with Gasteiger partial charge in [-0.15, -0.1) is 0 Å². The molecular weight excluding hydrogens is 357 g/mol. The fraction of sp³-hybridized carbons (Fsp3) is 0.105. The number of fused-ring (bicyclic) bond motifs is 1. The molecule has 0 fully saturated rings. The first-order valence-electron chi connectivity index (χ1n) is 8.08. The molecule has 2 heterocycles. The van der Waals surface area contributed by atoms with Crippen LogP contribution in [0.2, 0.25) is 0 Å². The Morgan fingerprint density at radius 3 is 2.33 bits per heavy atom. The molecule has 4 rings (SSSR count). The van der Waals surface area contributed by atoms with Gasteiger partial charge in [0.2, 0.25) is 0 Å². The quantitative estimate of drug-likeness (QED) is 0.553.